The van der Waals surface area contributed by atoms with E-state index in [4.69, 9.17) is 0 Å². The van der Waals surface area contributed by atoms with Gasteiger partial charge in [-0.25, -0.2) is 9.97 Å². The van der Waals surface area contributed by atoms with Crippen LogP contribution in [0.25, 0.3) is 0 Å². The summed E-state index contributed by atoms with van der Waals surface area (Å²) in [6.07, 6.45) is 7.69. The van der Waals surface area contributed by atoms with E-state index in [1.54, 1.807) is 6.33 Å². The van der Waals surface area contributed by atoms with Crippen molar-refractivity contribution >= 4 is 5.82 Å². The monoisotopic (exact) mass is 253 g/mol. The molecule has 19 heavy (non-hydrogen) atoms. The van der Waals surface area contributed by atoms with Crippen molar-refractivity contribution in [3.63, 3.8) is 0 Å². The number of rotatable bonds is 3. The zero-order chi connectivity index (χ0) is 12.9. The summed E-state index contributed by atoms with van der Waals surface area (Å²) >= 11 is 0. The first-order chi connectivity index (χ1) is 9.43. The van der Waals surface area contributed by atoms with Crippen LogP contribution in [0, 0.1) is 0 Å². The van der Waals surface area contributed by atoms with Gasteiger partial charge in [0.1, 0.15) is 12.1 Å². The molecular weight excluding hydrogens is 234 g/mol. The Labute approximate surface area is 114 Å². The third kappa shape index (κ3) is 2.92. The number of nitrogens with zero attached hydrogens (tertiary/aromatic N) is 2. The Morgan fingerprint density at radius 2 is 1.79 bits per heavy atom. The third-order valence-electron chi connectivity index (χ3n) is 3.68. The molecule has 0 unspecified atom stereocenters. The Morgan fingerprint density at radius 1 is 0.947 bits per heavy atom. The van der Waals surface area contributed by atoms with Crippen LogP contribution >= 0.6 is 0 Å². The topological polar surface area (TPSA) is 37.8 Å². The van der Waals surface area contributed by atoms with Crippen LogP contribution < -0.4 is 5.32 Å². The van der Waals surface area contributed by atoms with Crippen LogP contribution in [0.1, 0.15) is 36.1 Å². The van der Waals surface area contributed by atoms with Crippen molar-refractivity contribution in [3.05, 3.63) is 53.5 Å². The van der Waals surface area contributed by atoms with Crippen molar-refractivity contribution in [1.82, 2.24) is 9.97 Å². The molecule has 3 heteroatoms. The summed E-state index contributed by atoms with van der Waals surface area (Å²) in [5, 5.41) is 3.47. The molecule has 0 saturated carbocycles. The van der Waals surface area contributed by atoms with Gasteiger partial charge in [-0.1, -0.05) is 36.8 Å². The Morgan fingerprint density at radius 3 is 2.68 bits per heavy atom. The molecule has 1 heterocycles. The zero-order valence-electron chi connectivity index (χ0n) is 11.1. The fraction of sp³-hybridized carbons (Fsp3) is 0.375. The molecule has 0 fully saturated rings. The Bertz CT molecular complexity index is 537. The first-order valence-electron chi connectivity index (χ1n) is 7.04. The van der Waals surface area contributed by atoms with Gasteiger partial charge < -0.3 is 5.32 Å². The van der Waals surface area contributed by atoms with Crippen molar-refractivity contribution in [3.8, 4) is 0 Å². The van der Waals surface area contributed by atoms with Gasteiger partial charge in [0.15, 0.2) is 0 Å². The molecule has 2 aromatic rings. The van der Waals surface area contributed by atoms with E-state index in [9.17, 15) is 0 Å². The van der Waals surface area contributed by atoms with Gasteiger partial charge in [0.2, 0.25) is 0 Å². The van der Waals surface area contributed by atoms with Gasteiger partial charge in [-0.05, 0) is 31.2 Å². The smallest absolute Gasteiger partial charge is 0.133 e. The number of anilines is 1. The number of benzene rings is 1. The summed E-state index contributed by atoms with van der Waals surface area (Å²) < 4.78 is 0. The third-order valence-corrected chi connectivity index (χ3v) is 3.68. The normalized spacial score (nSPS) is 14.5. The molecule has 1 aliphatic rings. The SMILES string of the molecule is c1ccc(CNc2ncnc3c2CCCCC3)cc1. The number of hydrogen-bond donors (Lipinski definition) is 1. The van der Waals surface area contributed by atoms with Crippen molar-refractivity contribution in [2.75, 3.05) is 5.32 Å². The minimum Gasteiger partial charge on any atom is -0.366 e. The maximum Gasteiger partial charge on any atom is 0.133 e. The summed E-state index contributed by atoms with van der Waals surface area (Å²) in [5.41, 5.74) is 3.85. The van der Waals surface area contributed by atoms with E-state index < -0.39 is 0 Å². The van der Waals surface area contributed by atoms with Gasteiger partial charge >= 0.3 is 0 Å². The van der Waals surface area contributed by atoms with Crippen LogP contribution in [-0.4, -0.2) is 9.97 Å². The predicted molar refractivity (Wildman–Crippen MR) is 77.1 cm³/mol. The van der Waals surface area contributed by atoms with Gasteiger partial charge in [-0.15, -0.1) is 0 Å². The molecule has 98 valence electrons. The lowest BCUT2D eigenvalue weighted by Gasteiger charge is -2.12. The van der Waals surface area contributed by atoms with E-state index in [1.165, 1.54) is 36.1 Å². The summed E-state index contributed by atoms with van der Waals surface area (Å²) in [6, 6.07) is 10.4. The summed E-state index contributed by atoms with van der Waals surface area (Å²) in [5.74, 6) is 1.02. The molecule has 0 atom stereocenters. The molecule has 0 spiro atoms. The predicted octanol–water partition coefficient (Wildman–Crippen LogP) is 3.36. The van der Waals surface area contributed by atoms with E-state index in [0.29, 0.717) is 0 Å². The van der Waals surface area contributed by atoms with Gasteiger partial charge in [0.25, 0.3) is 0 Å². The van der Waals surface area contributed by atoms with Crippen molar-refractivity contribution < 1.29 is 0 Å². The number of aryl methyl sites for hydroxylation is 1. The Kier molecular flexibility index (Phi) is 3.73. The molecular formula is C16H19N3. The highest BCUT2D eigenvalue weighted by atomic mass is 15.0. The molecule has 0 amide bonds. The maximum atomic E-state index is 4.44. The molecule has 1 aromatic heterocycles. The average molecular weight is 253 g/mol. The second-order valence-corrected chi connectivity index (χ2v) is 5.05. The number of aromatic nitrogens is 2. The fourth-order valence-corrected chi connectivity index (χ4v) is 2.63. The maximum absolute atomic E-state index is 4.44. The van der Waals surface area contributed by atoms with Gasteiger partial charge in [-0.3, -0.25) is 0 Å². The Balaban J connectivity index is 1.78. The van der Waals surface area contributed by atoms with Crippen LogP contribution in [0.15, 0.2) is 36.7 Å². The molecule has 3 nitrogen and oxygen atoms in total. The highest BCUT2D eigenvalue weighted by Gasteiger charge is 2.13. The molecule has 1 N–H and O–H groups in total. The molecule has 1 aromatic carbocycles. The van der Waals surface area contributed by atoms with E-state index in [1.807, 2.05) is 6.07 Å². The summed E-state index contributed by atoms with van der Waals surface area (Å²) in [6.45, 7) is 0.824. The van der Waals surface area contributed by atoms with Gasteiger partial charge in [0.05, 0.1) is 0 Å². The van der Waals surface area contributed by atoms with Crippen molar-refractivity contribution in [1.29, 1.82) is 0 Å². The minimum absolute atomic E-state index is 0.824. The molecule has 0 bridgehead atoms. The number of fused-ring (bicyclic) bond motifs is 1. The average Bonchev–Trinajstić information content (AvgIpc) is 2.72. The van der Waals surface area contributed by atoms with E-state index in [2.05, 4.69) is 39.6 Å². The molecule has 0 radical (unpaired) electrons. The first-order valence-corrected chi connectivity index (χ1v) is 7.04. The number of hydrogen-bond acceptors (Lipinski definition) is 3. The molecule has 3 rings (SSSR count). The standard InChI is InChI=1S/C16H19N3/c1-3-7-13(8-4-1)11-17-16-14-9-5-2-6-10-15(14)18-12-19-16/h1,3-4,7-8,12H,2,5-6,9-11H2,(H,17,18,19). The van der Waals surface area contributed by atoms with E-state index in [-0.39, 0.29) is 0 Å². The Hall–Kier alpha value is -1.90. The highest BCUT2D eigenvalue weighted by molar-refractivity contribution is 5.47. The van der Waals surface area contributed by atoms with Crippen LogP contribution in [0.3, 0.4) is 0 Å². The van der Waals surface area contributed by atoms with Crippen LogP contribution in [-0.2, 0) is 19.4 Å². The first kappa shape index (κ1) is 12.2. The van der Waals surface area contributed by atoms with Gasteiger partial charge in [-0.2, -0.15) is 0 Å². The van der Waals surface area contributed by atoms with Gasteiger partial charge in [0, 0.05) is 17.8 Å². The zero-order valence-corrected chi connectivity index (χ0v) is 11.1. The molecule has 1 aliphatic carbocycles. The quantitative estimate of drug-likeness (QED) is 0.852. The van der Waals surface area contributed by atoms with Crippen molar-refractivity contribution in [2.24, 2.45) is 0 Å². The summed E-state index contributed by atoms with van der Waals surface area (Å²) in [7, 11) is 0. The highest BCUT2D eigenvalue weighted by Crippen LogP contribution is 2.24. The fourth-order valence-electron chi connectivity index (χ4n) is 2.63. The largest absolute Gasteiger partial charge is 0.366 e. The lowest BCUT2D eigenvalue weighted by molar-refractivity contribution is 0.709. The second-order valence-electron chi connectivity index (χ2n) is 5.05. The van der Waals surface area contributed by atoms with E-state index in [0.717, 1.165) is 25.2 Å². The molecule has 0 aliphatic heterocycles. The summed E-state index contributed by atoms with van der Waals surface area (Å²) in [4.78, 5) is 8.87. The van der Waals surface area contributed by atoms with E-state index >= 15 is 0 Å². The second kappa shape index (κ2) is 5.83. The molecule has 0 saturated heterocycles. The lowest BCUT2D eigenvalue weighted by Crippen LogP contribution is -2.07. The van der Waals surface area contributed by atoms with Crippen LogP contribution in [0.4, 0.5) is 5.82 Å². The minimum atomic E-state index is 0.824. The van der Waals surface area contributed by atoms with Crippen LogP contribution in [0.5, 0.6) is 0 Å². The lowest BCUT2D eigenvalue weighted by atomic mass is 10.1. The van der Waals surface area contributed by atoms with Crippen LogP contribution in [0.2, 0.25) is 0 Å². The van der Waals surface area contributed by atoms with Crippen molar-refractivity contribution in [2.45, 2.75) is 38.6 Å². The number of nitrogens with one attached hydrogen (secondary N) is 1.